The number of hydrogen-bond acceptors (Lipinski definition) is 6. The van der Waals surface area contributed by atoms with E-state index in [0.717, 1.165) is 18.0 Å². The van der Waals surface area contributed by atoms with Gasteiger partial charge in [-0.25, -0.2) is 13.8 Å². The summed E-state index contributed by atoms with van der Waals surface area (Å²) in [6.07, 6.45) is 3.12. The largest absolute Gasteiger partial charge is 0.378 e. The van der Waals surface area contributed by atoms with Crippen molar-refractivity contribution < 1.29 is 13.6 Å². The highest BCUT2D eigenvalue weighted by Gasteiger charge is 2.33. The van der Waals surface area contributed by atoms with Crippen LogP contribution in [0.25, 0.3) is 0 Å². The number of thioether (sulfide) groups is 1. The molecule has 0 radical (unpaired) electrons. The number of amidine groups is 1. The summed E-state index contributed by atoms with van der Waals surface area (Å²) >= 11 is 1.33. The summed E-state index contributed by atoms with van der Waals surface area (Å²) in [4.78, 5) is 25.9. The number of aliphatic imine (C=N–C) groups is 1. The van der Waals surface area contributed by atoms with Crippen LogP contribution in [0.4, 0.5) is 14.5 Å². The van der Waals surface area contributed by atoms with Gasteiger partial charge in [-0.2, -0.15) is 0 Å². The van der Waals surface area contributed by atoms with Gasteiger partial charge in [-0.3, -0.25) is 14.8 Å². The first kappa shape index (κ1) is 19.9. The van der Waals surface area contributed by atoms with Gasteiger partial charge in [-0.05, 0) is 36.1 Å². The van der Waals surface area contributed by atoms with Gasteiger partial charge in [0.1, 0.15) is 11.2 Å². The number of nitrogens with one attached hydrogen (secondary N) is 1. The summed E-state index contributed by atoms with van der Waals surface area (Å²) in [7, 11) is 0. The molecule has 0 fully saturated rings. The number of carbonyl (C=O) groups excluding carboxylic acids is 1. The van der Waals surface area contributed by atoms with Crippen LogP contribution in [-0.4, -0.2) is 21.0 Å². The molecule has 1 aliphatic heterocycles. The average molecular weight is 403 g/mol. The predicted molar refractivity (Wildman–Crippen MR) is 106 cm³/mol. The Balaban J connectivity index is 1.80. The van der Waals surface area contributed by atoms with E-state index in [1.165, 1.54) is 23.9 Å². The molecule has 2 aromatic rings. The molecular formula is C19H19F2N5OS. The summed E-state index contributed by atoms with van der Waals surface area (Å²) in [6.45, 7) is 6.63. The van der Waals surface area contributed by atoms with Crippen LogP contribution in [0.1, 0.15) is 42.0 Å². The van der Waals surface area contributed by atoms with Crippen molar-refractivity contribution in [2.75, 3.05) is 5.32 Å². The zero-order chi connectivity index (χ0) is 20.5. The molecule has 6 nitrogen and oxygen atoms in total. The van der Waals surface area contributed by atoms with Crippen molar-refractivity contribution in [2.24, 2.45) is 10.7 Å². The van der Waals surface area contributed by atoms with Gasteiger partial charge in [0.25, 0.3) is 11.8 Å². The molecule has 0 aromatic carbocycles. The third kappa shape index (κ3) is 4.36. The number of nitrogens with zero attached hydrogens (tertiary/aromatic N) is 3. The number of amides is 1. The molecule has 1 atom stereocenters. The lowest BCUT2D eigenvalue weighted by molar-refractivity contribution is 0.0170. The molecule has 3 heterocycles. The van der Waals surface area contributed by atoms with Gasteiger partial charge in [0, 0.05) is 37.0 Å². The molecule has 0 bridgehead atoms. The van der Waals surface area contributed by atoms with E-state index < -0.39 is 17.4 Å². The molecule has 3 N–H and O–H groups in total. The van der Waals surface area contributed by atoms with Gasteiger partial charge < -0.3 is 11.1 Å². The average Bonchev–Trinajstić information content (AvgIpc) is 2.60. The molecule has 3 rings (SSSR count). The van der Waals surface area contributed by atoms with Crippen molar-refractivity contribution in [2.45, 2.75) is 31.7 Å². The van der Waals surface area contributed by atoms with Crippen molar-refractivity contribution in [3.8, 4) is 0 Å². The summed E-state index contributed by atoms with van der Waals surface area (Å²) < 4.78 is 26.5. The maximum Gasteiger partial charge on any atom is 0.274 e. The Morgan fingerprint density at radius 1 is 1.36 bits per heavy atom. The molecule has 1 amide bonds. The number of halogens is 2. The van der Waals surface area contributed by atoms with Crippen molar-refractivity contribution in [1.82, 2.24) is 9.97 Å². The Bertz CT molecular complexity index is 956. The molecule has 2 aromatic heterocycles. The third-order valence-electron chi connectivity index (χ3n) is 4.22. The predicted octanol–water partition coefficient (Wildman–Crippen LogP) is 4.02. The maximum absolute atomic E-state index is 13.3. The Hall–Kier alpha value is -2.81. The molecule has 0 saturated heterocycles. The van der Waals surface area contributed by atoms with Crippen LogP contribution in [0, 0.1) is 0 Å². The minimum atomic E-state index is -3.01. The van der Waals surface area contributed by atoms with Gasteiger partial charge in [0.2, 0.25) is 0 Å². The summed E-state index contributed by atoms with van der Waals surface area (Å²) in [5.74, 6) is -3.53. The Labute approximate surface area is 165 Å². The standard InChI is InChI=1S/C19H19F2N5OS/c1-11-9-18(2,26-17(22)28-11)15-8-13(6-7-23-15)25-16(27)14-5-4-12(10-24-14)19(3,20)21/h4-8,10H,1,9H2,2-3H3,(H2,22,26)(H,23,25,27)/t18-/m0/s1. The van der Waals surface area contributed by atoms with Crippen LogP contribution in [0.3, 0.4) is 0 Å². The van der Waals surface area contributed by atoms with E-state index in [-0.39, 0.29) is 11.3 Å². The van der Waals surface area contributed by atoms with Gasteiger partial charge in [0.05, 0.1) is 5.69 Å². The van der Waals surface area contributed by atoms with Crippen LogP contribution >= 0.6 is 11.8 Å². The van der Waals surface area contributed by atoms with E-state index in [0.29, 0.717) is 23.0 Å². The Kier molecular flexibility index (Phi) is 5.20. The second-order valence-corrected chi connectivity index (χ2v) is 7.95. The fourth-order valence-corrected chi connectivity index (χ4v) is 3.70. The van der Waals surface area contributed by atoms with E-state index >= 15 is 0 Å². The van der Waals surface area contributed by atoms with Crippen molar-refractivity contribution in [3.63, 3.8) is 0 Å². The molecule has 146 valence electrons. The van der Waals surface area contributed by atoms with E-state index in [1.807, 2.05) is 6.92 Å². The normalized spacial score (nSPS) is 19.9. The number of nitrogens with two attached hydrogens (primary N) is 1. The van der Waals surface area contributed by atoms with Gasteiger partial charge in [0.15, 0.2) is 5.17 Å². The maximum atomic E-state index is 13.3. The molecule has 0 unspecified atom stereocenters. The molecule has 0 saturated carbocycles. The highest BCUT2D eigenvalue weighted by atomic mass is 32.2. The third-order valence-corrected chi connectivity index (χ3v) is 4.95. The van der Waals surface area contributed by atoms with Crippen LogP contribution in [0.5, 0.6) is 0 Å². The zero-order valence-electron chi connectivity index (χ0n) is 15.4. The van der Waals surface area contributed by atoms with E-state index in [2.05, 4.69) is 26.9 Å². The fraction of sp³-hybridized carbons (Fsp3) is 0.263. The number of rotatable bonds is 4. The van der Waals surface area contributed by atoms with Crippen molar-refractivity contribution >= 4 is 28.5 Å². The van der Waals surface area contributed by atoms with Crippen LogP contribution in [0.2, 0.25) is 0 Å². The Morgan fingerprint density at radius 2 is 2.11 bits per heavy atom. The molecule has 9 heteroatoms. The van der Waals surface area contributed by atoms with Gasteiger partial charge >= 0.3 is 0 Å². The monoisotopic (exact) mass is 403 g/mol. The minimum Gasteiger partial charge on any atom is -0.378 e. The molecule has 0 aliphatic carbocycles. The lowest BCUT2D eigenvalue weighted by Crippen LogP contribution is -2.29. The second-order valence-electron chi connectivity index (χ2n) is 6.75. The first-order valence-corrected chi connectivity index (χ1v) is 9.22. The first-order valence-electron chi connectivity index (χ1n) is 8.40. The molecular weight excluding hydrogens is 384 g/mol. The number of pyridine rings is 2. The van der Waals surface area contributed by atoms with Gasteiger partial charge in [-0.1, -0.05) is 18.3 Å². The van der Waals surface area contributed by atoms with E-state index in [1.54, 1.807) is 18.3 Å². The molecule has 28 heavy (non-hydrogen) atoms. The zero-order valence-corrected chi connectivity index (χ0v) is 16.2. The molecule has 0 spiro atoms. The first-order chi connectivity index (χ1) is 13.1. The fourth-order valence-electron chi connectivity index (χ4n) is 2.81. The summed E-state index contributed by atoms with van der Waals surface area (Å²) in [6, 6.07) is 5.77. The number of alkyl halides is 2. The van der Waals surface area contributed by atoms with Crippen LogP contribution in [0.15, 0.2) is 53.1 Å². The molecule has 1 aliphatic rings. The van der Waals surface area contributed by atoms with E-state index in [4.69, 9.17) is 5.73 Å². The van der Waals surface area contributed by atoms with Crippen LogP contribution < -0.4 is 11.1 Å². The summed E-state index contributed by atoms with van der Waals surface area (Å²) in [5.41, 5.74) is 6.08. The number of carbonyl (C=O) groups is 1. The highest BCUT2D eigenvalue weighted by molar-refractivity contribution is 8.17. The smallest absolute Gasteiger partial charge is 0.274 e. The number of anilines is 1. The second kappa shape index (κ2) is 7.31. The minimum absolute atomic E-state index is 0.0299. The van der Waals surface area contributed by atoms with Crippen molar-refractivity contribution in [3.05, 3.63) is 65.1 Å². The SMILES string of the molecule is C=C1C[C@@](C)(c2cc(NC(=O)c3ccc(C(C)(F)F)cn3)ccn2)N=C(N)S1. The lowest BCUT2D eigenvalue weighted by atomic mass is 9.93. The van der Waals surface area contributed by atoms with Gasteiger partial charge in [-0.15, -0.1) is 0 Å². The van der Waals surface area contributed by atoms with Crippen LogP contribution in [-0.2, 0) is 11.5 Å². The lowest BCUT2D eigenvalue weighted by Gasteiger charge is -2.30. The quantitative estimate of drug-likeness (QED) is 0.804. The Morgan fingerprint density at radius 3 is 2.71 bits per heavy atom. The van der Waals surface area contributed by atoms with E-state index in [9.17, 15) is 13.6 Å². The number of hydrogen-bond donors (Lipinski definition) is 2. The highest BCUT2D eigenvalue weighted by Crippen LogP contribution is 2.39. The summed E-state index contributed by atoms with van der Waals surface area (Å²) in [5, 5.41) is 3.11. The van der Waals surface area contributed by atoms with Crippen molar-refractivity contribution in [1.29, 1.82) is 0 Å². The topological polar surface area (TPSA) is 93.3 Å². The number of aromatic nitrogens is 2.